The zero-order valence-corrected chi connectivity index (χ0v) is 10.8. The molecule has 3 rings (SSSR count). The molecule has 0 unspecified atom stereocenters. The first-order valence-corrected chi connectivity index (χ1v) is 5.73. The third-order valence-electron chi connectivity index (χ3n) is 2.76. The monoisotopic (exact) mass is 278 g/mol. The molecule has 3 aromatic heterocycles. The maximum absolute atomic E-state index is 11.9. The number of hydrogen-bond donors (Lipinski definition) is 1. The number of nitrogens with one attached hydrogen (secondary N) is 1. The summed E-state index contributed by atoms with van der Waals surface area (Å²) < 4.78 is 16.7. The number of rotatable bonds is 4. The minimum atomic E-state index is -0.398. The molecule has 0 aliphatic rings. The number of aryl methyl sites for hydroxylation is 2. The number of tetrazole rings is 1. The first-order chi connectivity index (χ1) is 10.1. The number of imidazole rings is 1. The Hall–Kier alpha value is -2.91. The highest BCUT2D eigenvalue weighted by Crippen LogP contribution is 2.12. The molecule has 0 aliphatic heterocycles. The Kier molecular flexibility index (Phi) is 2.55. The maximum Gasteiger partial charge on any atom is 0.369 e. The number of ether oxygens (including phenoxy) is 1. The van der Waals surface area contributed by atoms with Gasteiger partial charge >= 0.3 is 5.69 Å². The lowest BCUT2D eigenvalue weighted by Gasteiger charge is -2.05. The van der Waals surface area contributed by atoms with E-state index < -0.39 is 5.69 Å². The van der Waals surface area contributed by atoms with Gasteiger partial charge in [0, 0.05) is 26.4 Å². The molecule has 20 heavy (non-hydrogen) atoms. The van der Waals surface area contributed by atoms with Crippen LogP contribution in [0.2, 0.25) is 1.41 Å². The van der Waals surface area contributed by atoms with E-state index in [9.17, 15) is 4.79 Å². The van der Waals surface area contributed by atoms with E-state index >= 15 is 0 Å². The topological polar surface area (TPSA) is 108 Å². The zero-order valence-electron chi connectivity index (χ0n) is 11.8. The van der Waals surface area contributed by atoms with Gasteiger partial charge < -0.3 is 9.30 Å². The minimum Gasteiger partial charge on any atom is -0.470 e. The van der Waals surface area contributed by atoms with Crippen molar-refractivity contribution in [1.29, 1.82) is 0 Å². The predicted octanol–water partition coefficient (Wildman–Crippen LogP) is -0.998. The summed E-state index contributed by atoms with van der Waals surface area (Å²) in [6, 6.07) is 1.57. The molecule has 10 heteroatoms. The van der Waals surface area contributed by atoms with Crippen molar-refractivity contribution >= 4 is 0 Å². The van der Waals surface area contributed by atoms with Gasteiger partial charge in [0.2, 0.25) is 5.88 Å². The summed E-state index contributed by atoms with van der Waals surface area (Å²) >= 11 is 0. The molecule has 0 radical (unpaired) electrons. The summed E-state index contributed by atoms with van der Waals surface area (Å²) in [5.41, 5.74) is 0.238. The van der Waals surface area contributed by atoms with Gasteiger partial charge in [-0.15, -0.1) is 9.78 Å². The lowest BCUT2D eigenvalue weighted by molar-refractivity contribution is 0.284. The molecule has 0 aromatic carbocycles. The van der Waals surface area contributed by atoms with E-state index in [-0.39, 0.29) is 6.61 Å². The number of aromatic amines is 1. The van der Waals surface area contributed by atoms with Crippen LogP contribution in [0.1, 0.15) is 5.69 Å². The largest absolute Gasteiger partial charge is 0.470 e. The fourth-order valence-corrected chi connectivity index (χ4v) is 1.67. The Labute approximate surface area is 114 Å². The Bertz CT molecular complexity index is 828. The second-order valence-electron chi connectivity index (χ2n) is 4.08. The van der Waals surface area contributed by atoms with Crippen molar-refractivity contribution in [2.45, 2.75) is 6.61 Å². The zero-order chi connectivity index (χ0) is 15.0. The van der Waals surface area contributed by atoms with E-state index in [0.717, 1.165) is 14.5 Å². The summed E-state index contributed by atoms with van der Waals surface area (Å²) in [5, 5.41) is 12.1. The molecule has 0 saturated heterocycles. The van der Waals surface area contributed by atoms with Gasteiger partial charge in [0.1, 0.15) is 12.3 Å². The van der Waals surface area contributed by atoms with Crippen molar-refractivity contribution < 1.29 is 6.15 Å². The molecule has 3 aromatic rings. The summed E-state index contributed by atoms with van der Waals surface area (Å²) in [6.45, 7) is 0.131. The van der Waals surface area contributed by atoms with Crippen molar-refractivity contribution in [1.82, 2.24) is 39.5 Å². The molecular formula is C10H12N8O2. The quantitative estimate of drug-likeness (QED) is 0.656. The fourth-order valence-electron chi connectivity index (χ4n) is 1.67. The van der Waals surface area contributed by atoms with E-state index in [2.05, 4.69) is 20.5 Å². The first kappa shape index (κ1) is 11.0. The minimum absolute atomic E-state index is 0.131. The van der Waals surface area contributed by atoms with E-state index in [4.69, 9.17) is 6.15 Å². The van der Waals surface area contributed by atoms with Crippen LogP contribution in [0.4, 0.5) is 0 Å². The van der Waals surface area contributed by atoms with Gasteiger partial charge in [0.05, 0.1) is 6.33 Å². The van der Waals surface area contributed by atoms with Gasteiger partial charge in [-0.3, -0.25) is 5.09 Å². The van der Waals surface area contributed by atoms with E-state index in [0.29, 0.717) is 17.4 Å². The SMILES string of the molecule is [3H]n1ccc(OCc2c(-n3nnn(C)c3=O)ncn2C)n1. The molecular weight excluding hydrogens is 264 g/mol. The summed E-state index contributed by atoms with van der Waals surface area (Å²) in [7, 11) is 3.28. The van der Waals surface area contributed by atoms with Gasteiger partial charge in [-0.2, -0.15) is 4.68 Å². The smallest absolute Gasteiger partial charge is 0.369 e. The van der Waals surface area contributed by atoms with Crippen molar-refractivity contribution in [3.8, 4) is 11.7 Å². The van der Waals surface area contributed by atoms with Crippen LogP contribution in [0.25, 0.3) is 5.82 Å². The van der Waals surface area contributed by atoms with Crippen LogP contribution >= 0.6 is 0 Å². The molecule has 0 bridgehead atoms. The van der Waals surface area contributed by atoms with Crippen LogP contribution in [0, 0.1) is 0 Å². The van der Waals surface area contributed by atoms with Crippen LogP contribution in [0.5, 0.6) is 5.88 Å². The lowest BCUT2D eigenvalue weighted by Crippen LogP contribution is -2.23. The average molecular weight is 278 g/mol. The second-order valence-corrected chi connectivity index (χ2v) is 4.08. The Morgan fingerprint density at radius 2 is 2.30 bits per heavy atom. The fraction of sp³-hybridized carbons (Fsp3) is 0.300. The van der Waals surface area contributed by atoms with Crippen molar-refractivity contribution in [2.75, 3.05) is 0 Å². The van der Waals surface area contributed by atoms with Gasteiger partial charge in [-0.05, 0) is 10.4 Å². The van der Waals surface area contributed by atoms with Gasteiger partial charge in [0.15, 0.2) is 7.23 Å². The number of hydrogen-bond acceptors (Lipinski definition) is 6. The number of nitrogens with zero attached hydrogens (tertiary/aromatic N) is 7. The normalized spacial score (nSPS) is 11.6. The lowest BCUT2D eigenvalue weighted by atomic mass is 10.4. The molecule has 3 heterocycles. The van der Waals surface area contributed by atoms with Crippen molar-refractivity contribution in [2.24, 2.45) is 14.1 Å². The highest BCUT2D eigenvalue weighted by molar-refractivity contribution is 5.27. The third-order valence-corrected chi connectivity index (χ3v) is 2.76. The van der Waals surface area contributed by atoms with Gasteiger partial charge in [0.25, 0.3) is 0 Å². The Balaban J connectivity index is 1.90. The highest BCUT2D eigenvalue weighted by Gasteiger charge is 2.16. The summed E-state index contributed by atoms with van der Waals surface area (Å²) in [5.74, 6) is 0.657. The van der Waals surface area contributed by atoms with Crippen LogP contribution in [0.3, 0.4) is 0 Å². The van der Waals surface area contributed by atoms with Crippen molar-refractivity contribution in [3.63, 3.8) is 0 Å². The van der Waals surface area contributed by atoms with Crippen LogP contribution in [-0.2, 0) is 20.7 Å². The van der Waals surface area contributed by atoms with Gasteiger partial charge in [-0.25, -0.2) is 9.78 Å². The molecule has 104 valence electrons. The molecule has 0 fully saturated rings. The Morgan fingerprint density at radius 1 is 1.45 bits per heavy atom. The molecule has 0 amide bonds. The third kappa shape index (κ3) is 1.96. The molecule has 0 aliphatic carbocycles. The Morgan fingerprint density at radius 3 is 2.95 bits per heavy atom. The predicted molar refractivity (Wildman–Crippen MR) is 66.3 cm³/mol. The maximum atomic E-state index is 11.9. The summed E-state index contributed by atoms with van der Waals surface area (Å²) in [6.07, 6.45) is 3.00. The van der Waals surface area contributed by atoms with E-state index in [1.807, 2.05) is 0 Å². The number of H-pyrrole nitrogens is 1. The van der Waals surface area contributed by atoms with Crippen LogP contribution in [0.15, 0.2) is 23.4 Å². The highest BCUT2D eigenvalue weighted by atomic mass is 16.5. The molecule has 0 saturated carbocycles. The molecule has 0 atom stereocenters. The standard InChI is InChI=1S/C10H12N8O2/c1-16-6-11-9(18-10(19)17(2)14-15-18)7(16)5-20-8-3-4-12-13-8/h3-4,6H,5H2,1-2H3,(H,12,13)/i/hT. The van der Waals surface area contributed by atoms with Crippen LogP contribution in [-0.4, -0.2) is 39.5 Å². The molecule has 10 nitrogen and oxygen atoms in total. The van der Waals surface area contributed by atoms with Gasteiger partial charge in [-0.1, -0.05) is 0 Å². The first-order valence-electron chi connectivity index (χ1n) is 6.18. The average Bonchev–Trinajstić information content (AvgIpc) is 3.11. The van der Waals surface area contributed by atoms with E-state index in [1.54, 1.807) is 24.0 Å². The molecule has 0 spiro atoms. The number of aromatic nitrogens is 8. The second kappa shape index (κ2) is 4.64. The van der Waals surface area contributed by atoms with E-state index in [1.165, 1.54) is 13.2 Å². The molecule has 1 N–H and O–H groups in total. The van der Waals surface area contributed by atoms with Crippen LogP contribution < -0.4 is 10.4 Å². The van der Waals surface area contributed by atoms with Crippen molar-refractivity contribution in [3.05, 3.63) is 34.8 Å². The summed E-state index contributed by atoms with van der Waals surface area (Å²) in [4.78, 5) is 16.0.